The van der Waals surface area contributed by atoms with Crippen LogP contribution in [0, 0.1) is 0 Å². The lowest BCUT2D eigenvalue weighted by molar-refractivity contribution is -0.0384. The van der Waals surface area contributed by atoms with E-state index in [1.54, 1.807) is 29.1 Å². The molecule has 2 amide bonds. The number of amides is 2. The number of hydrogen-bond donors (Lipinski definition) is 6. The van der Waals surface area contributed by atoms with Gasteiger partial charge in [0.05, 0.1) is 37.4 Å². The Kier molecular flexibility index (Phi) is 9.25. The first-order valence-electron chi connectivity index (χ1n) is 16.1. The summed E-state index contributed by atoms with van der Waals surface area (Å²) in [6, 6.07) is 12.3. The number of aliphatic hydroxyl groups is 3. The number of fused-ring (bicyclic) bond motifs is 1. The molecule has 0 aliphatic carbocycles. The van der Waals surface area contributed by atoms with Gasteiger partial charge in [0.25, 0.3) is 0 Å². The highest BCUT2D eigenvalue weighted by atomic mass is 16.6. The number of nitrogens with zero attached hydrogens (tertiary/aromatic N) is 10. The van der Waals surface area contributed by atoms with Gasteiger partial charge < -0.3 is 40.9 Å². The number of aryl methyl sites for hydroxylation is 1. The molecule has 256 valence electrons. The van der Waals surface area contributed by atoms with Crippen LogP contribution in [0.15, 0.2) is 61.2 Å². The monoisotopic (exact) mass is 671 g/mol. The maximum Gasteiger partial charge on any atom is 0.319 e. The van der Waals surface area contributed by atoms with E-state index in [0.717, 1.165) is 5.56 Å². The smallest absolute Gasteiger partial charge is 0.319 e. The van der Waals surface area contributed by atoms with Crippen molar-refractivity contribution >= 4 is 34.6 Å². The molecule has 6 atom stereocenters. The summed E-state index contributed by atoms with van der Waals surface area (Å²) in [7, 11) is 0. The minimum Gasteiger partial charge on any atom is -0.394 e. The van der Waals surface area contributed by atoms with Crippen molar-refractivity contribution in [3.8, 4) is 0 Å². The number of nitrogens with one attached hydrogen (secondary N) is 3. The highest BCUT2D eigenvalue weighted by Gasteiger charge is 2.47. The van der Waals surface area contributed by atoms with Gasteiger partial charge >= 0.3 is 6.03 Å². The first-order valence-corrected chi connectivity index (χ1v) is 16.1. The van der Waals surface area contributed by atoms with Crippen LogP contribution in [-0.4, -0.2) is 110 Å². The number of aliphatic hydroxyl groups excluding tert-OH is 3. The van der Waals surface area contributed by atoms with E-state index in [9.17, 15) is 20.1 Å². The van der Waals surface area contributed by atoms with Crippen molar-refractivity contribution in [3.05, 3.63) is 72.6 Å². The van der Waals surface area contributed by atoms with Crippen LogP contribution in [0.5, 0.6) is 0 Å². The Hall–Kier alpha value is -5.30. The van der Waals surface area contributed by atoms with E-state index in [1.165, 1.54) is 11.1 Å². The van der Waals surface area contributed by atoms with Crippen LogP contribution in [0.2, 0.25) is 0 Å². The summed E-state index contributed by atoms with van der Waals surface area (Å²) >= 11 is 0. The van der Waals surface area contributed by atoms with Crippen molar-refractivity contribution in [2.75, 3.05) is 35.2 Å². The number of benzene rings is 1. The van der Waals surface area contributed by atoms with E-state index < -0.39 is 30.6 Å². The summed E-state index contributed by atoms with van der Waals surface area (Å²) in [5.74, 6) is 0.867. The second kappa shape index (κ2) is 14.0. The molecule has 2 aliphatic heterocycles. The molecule has 6 heterocycles. The predicted molar refractivity (Wildman–Crippen MR) is 175 cm³/mol. The van der Waals surface area contributed by atoms with Crippen LogP contribution in [0.1, 0.15) is 37.1 Å². The Labute approximate surface area is 280 Å². The topological polar surface area (TPSA) is 226 Å². The van der Waals surface area contributed by atoms with Crippen molar-refractivity contribution in [1.82, 2.24) is 50.0 Å². The molecule has 49 heavy (non-hydrogen) atoms. The number of imidazole rings is 1. The van der Waals surface area contributed by atoms with Crippen LogP contribution < -0.4 is 20.9 Å². The van der Waals surface area contributed by atoms with Crippen LogP contribution in [0.25, 0.3) is 11.2 Å². The Morgan fingerprint density at radius 2 is 1.98 bits per heavy atom. The van der Waals surface area contributed by atoms with Crippen molar-refractivity contribution in [3.63, 3.8) is 0 Å². The SMILES string of the molecule is CCn1nnc([C@H]2O[C@@H](n3cnc4c(N[C@H](CO)Cc5ccccc5)nc(N5CC[C@@H](NC(=O)Nc6cccnc6)C5)nc43)[C@@H](O)[C@@H]2O)n1. The summed E-state index contributed by atoms with van der Waals surface area (Å²) in [6.45, 7) is 3.13. The number of anilines is 3. The Bertz CT molecular complexity index is 1870. The van der Waals surface area contributed by atoms with Gasteiger partial charge in [-0.15, -0.1) is 10.2 Å². The molecule has 18 nitrogen and oxygen atoms in total. The molecule has 0 saturated carbocycles. The van der Waals surface area contributed by atoms with Gasteiger partial charge in [-0.3, -0.25) is 9.55 Å². The Balaban J connectivity index is 1.17. The molecular formula is C31H37N13O5. The molecule has 0 bridgehead atoms. The molecule has 18 heteroatoms. The summed E-state index contributed by atoms with van der Waals surface area (Å²) in [6.07, 6.45) is 0.985. The maximum atomic E-state index is 12.7. The molecule has 0 radical (unpaired) electrons. The van der Waals surface area contributed by atoms with Gasteiger partial charge in [0.1, 0.15) is 12.2 Å². The number of pyridine rings is 1. The Morgan fingerprint density at radius 3 is 2.73 bits per heavy atom. The number of aromatic nitrogens is 9. The van der Waals surface area contributed by atoms with Gasteiger partial charge in [-0.2, -0.15) is 14.8 Å². The van der Waals surface area contributed by atoms with Crippen LogP contribution in [0.3, 0.4) is 0 Å². The summed E-state index contributed by atoms with van der Waals surface area (Å²) in [5.41, 5.74) is 2.32. The average Bonchev–Trinajstić information content (AvgIpc) is 3.93. The fourth-order valence-electron chi connectivity index (χ4n) is 6.04. The first kappa shape index (κ1) is 32.3. The van der Waals surface area contributed by atoms with E-state index in [1.807, 2.05) is 42.2 Å². The van der Waals surface area contributed by atoms with Gasteiger partial charge in [0.2, 0.25) is 11.8 Å². The summed E-state index contributed by atoms with van der Waals surface area (Å²) in [4.78, 5) is 34.3. The number of carbonyl (C=O) groups is 1. The molecule has 2 fully saturated rings. The van der Waals surface area contributed by atoms with Crippen molar-refractivity contribution < 1.29 is 24.9 Å². The standard InChI is InChI=1S/C31H37N13O5/c1-2-44-40-27(39-41-44)25-23(46)24(47)29(49-25)43-17-33-22-26(34-21(16-45)13-18-7-4-3-5-8-18)37-30(38-28(22)43)42-12-10-20(15-42)36-31(48)35-19-9-6-11-32-14-19/h3-9,11,14,17,20-21,23-25,29,45-47H,2,10,12-13,15-16H2,1H3,(H,34,37,38)(H2,35,36,48)/t20-,21+,23+,24+,25+,29-/m1/s1. The number of carbonyl (C=O) groups excluding carboxylic acids is 1. The lowest BCUT2D eigenvalue weighted by Gasteiger charge is -2.22. The largest absolute Gasteiger partial charge is 0.394 e. The van der Waals surface area contributed by atoms with E-state index in [4.69, 9.17) is 14.7 Å². The normalized spacial score (nSPS) is 22.8. The van der Waals surface area contributed by atoms with Gasteiger partial charge in [0, 0.05) is 25.3 Å². The van der Waals surface area contributed by atoms with Gasteiger partial charge in [-0.05, 0) is 42.7 Å². The molecule has 6 N–H and O–H groups in total. The van der Waals surface area contributed by atoms with Crippen LogP contribution in [-0.2, 0) is 17.7 Å². The highest BCUT2D eigenvalue weighted by Crippen LogP contribution is 2.39. The third-order valence-corrected chi connectivity index (χ3v) is 8.54. The zero-order valence-corrected chi connectivity index (χ0v) is 26.6. The lowest BCUT2D eigenvalue weighted by atomic mass is 10.1. The zero-order valence-electron chi connectivity index (χ0n) is 26.6. The first-order chi connectivity index (χ1) is 23.9. The summed E-state index contributed by atoms with van der Waals surface area (Å²) in [5, 5.41) is 53.8. The van der Waals surface area contributed by atoms with Gasteiger partial charge in [0.15, 0.2) is 29.3 Å². The molecule has 2 saturated heterocycles. The predicted octanol–water partition coefficient (Wildman–Crippen LogP) is 0.636. The van der Waals surface area contributed by atoms with Crippen LogP contribution >= 0.6 is 0 Å². The van der Waals surface area contributed by atoms with Crippen LogP contribution in [0.4, 0.5) is 22.2 Å². The summed E-state index contributed by atoms with van der Waals surface area (Å²) < 4.78 is 7.67. The molecule has 0 spiro atoms. The number of urea groups is 1. The number of rotatable bonds is 11. The number of tetrazole rings is 1. The van der Waals surface area contributed by atoms with Crippen molar-refractivity contribution in [2.45, 2.75) is 62.9 Å². The number of ether oxygens (including phenoxy) is 1. The molecule has 7 rings (SSSR count). The van der Waals surface area contributed by atoms with Gasteiger partial charge in [-0.1, -0.05) is 30.3 Å². The lowest BCUT2D eigenvalue weighted by Crippen LogP contribution is -2.40. The third kappa shape index (κ3) is 6.84. The quantitative estimate of drug-likeness (QED) is 0.113. The highest BCUT2D eigenvalue weighted by molar-refractivity contribution is 5.89. The van der Waals surface area contributed by atoms with Crippen molar-refractivity contribution in [2.24, 2.45) is 0 Å². The molecule has 1 aromatic carbocycles. The Morgan fingerprint density at radius 1 is 1.12 bits per heavy atom. The van der Waals surface area contributed by atoms with Crippen molar-refractivity contribution in [1.29, 1.82) is 0 Å². The molecule has 5 aromatic rings. The maximum absolute atomic E-state index is 12.7. The minimum absolute atomic E-state index is 0.146. The molecular weight excluding hydrogens is 634 g/mol. The zero-order chi connectivity index (χ0) is 33.9. The van der Waals surface area contributed by atoms with E-state index in [2.05, 4.69) is 41.3 Å². The number of hydrogen-bond acceptors (Lipinski definition) is 14. The average molecular weight is 672 g/mol. The fraction of sp³-hybridized carbons (Fsp3) is 0.419. The fourth-order valence-corrected chi connectivity index (χ4v) is 6.04. The van der Waals surface area contributed by atoms with Gasteiger partial charge in [-0.25, -0.2) is 9.78 Å². The second-order valence-electron chi connectivity index (χ2n) is 11.9. The molecule has 2 aliphatic rings. The third-order valence-electron chi connectivity index (χ3n) is 8.54. The van der Waals surface area contributed by atoms with E-state index >= 15 is 0 Å². The van der Waals surface area contributed by atoms with E-state index in [-0.39, 0.29) is 24.5 Å². The molecule has 4 aromatic heterocycles. The second-order valence-corrected chi connectivity index (χ2v) is 11.9. The molecule has 0 unspecified atom stereocenters. The van der Waals surface area contributed by atoms with E-state index in [0.29, 0.717) is 61.1 Å². The minimum atomic E-state index is -1.37.